The quantitative estimate of drug-likeness (QED) is 0.602. The zero-order chi connectivity index (χ0) is 21.0. The number of hydrogen-bond acceptors (Lipinski definition) is 7. The van der Waals surface area contributed by atoms with Crippen LogP contribution >= 0.6 is 27.3 Å². The Morgan fingerprint density at radius 3 is 2.55 bits per heavy atom. The van der Waals surface area contributed by atoms with E-state index in [2.05, 4.69) is 31.6 Å². The fourth-order valence-corrected chi connectivity index (χ4v) is 6.17. The molecule has 29 heavy (non-hydrogen) atoms. The van der Waals surface area contributed by atoms with Crippen LogP contribution in [0.5, 0.6) is 0 Å². The number of piperazine rings is 1. The van der Waals surface area contributed by atoms with Crippen LogP contribution in [-0.4, -0.2) is 57.1 Å². The molecule has 1 aliphatic heterocycles. The molecule has 0 amide bonds. The van der Waals surface area contributed by atoms with E-state index in [0.29, 0.717) is 35.5 Å². The number of nitrogens with zero attached hydrogens (tertiary/aromatic N) is 3. The first kappa shape index (κ1) is 21.6. The van der Waals surface area contributed by atoms with E-state index in [1.165, 1.54) is 12.1 Å². The van der Waals surface area contributed by atoms with Crippen LogP contribution in [0.4, 0.5) is 11.4 Å². The monoisotopic (exact) mass is 498 g/mol. The third kappa shape index (κ3) is 5.27. The van der Waals surface area contributed by atoms with Crippen molar-refractivity contribution in [3.8, 4) is 6.07 Å². The number of nitriles is 1. The van der Waals surface area contributed by atoms with Crippen molar-refractivity contribution in [2.75, 3.05) is 42.3 Å². The first-order valence-corrected chi connectivity index (χ1v) is 11.9. The molecule has 2 heterocycles. The maximum atomic E-state index is 12.5. The molecule has 1 aromatic heterocycles. The van der Waals surface area contributed by atoms with Crippen molar-refractivity contribution >= 4 is 54.6 Å². The largest absolute Gasteiger partial charge is 0.478 e. The number of carbonyl (C=O) groups is 1. The average Bonchev–Trinajstić information content (AvgIpc) is 3.14. The van der Waals surface area contributed by atoms with Crippen LogP contribution < -0.4 is 9.62 Å². The molecule has 11 heteroatoms. The third-order valence-corrected chi connectivity index (χ3v) is 8.04. The first-order chi connectivity index (χ1) is 13.8. The molecule has 0 saturated carbocycles. The Morgan fingerprint density at radius 2 is 1.97 bits per heavy atom. The van der Waals surface area contributed by atoms with Crippen LogP contribution in [0, 0.1) is 11.3 Å². The van der Waals surface area contributed by atoms with Crippen LogP contribution in [0.15, 0.2) is 38.3 Å². The first-order valence-electron chi connectivity index (χ1n) is 8.80. The van der Waals surface area contributed by atoms with E-state index in [-0.39, 0.29) is 15.5 Å². The summed E-state index contributed by atoms with van der Waals surface area (Å²) in [6, 6.07) is 9.81. The van der Waals surface area contributed by atoms with Gasteiger partial charge < -0.3 is 10.0 Å². The van der Waals surface area contributed by atoms with Gasteiger partial charge in [-0.1, -0.05) is 0 Å². The number of benzene rings is 1. The van der Waals surface area contributed by atoms with Gasteiger partial charge in [-0.25, -0.2) is 13.2 Å². The summed E-state index contributed by atoms with van der Waals surface area (Å²) in [7, 11) is -3.79. The van der Waals surface area contributed by atoms with Gasteiger partial charge in [0.2, 0.25) is 0 Å². The highest BCUT2D eigenvalue weighted by atomic mass is 79.9. The van der Waals surface area contributed by atoms with Gasteiger partial charge in [-0.2, -0.15) is 5.26 Å². The Labute approximate surface area is 181 Å². The lowest BCUT2D eigenvalue weighted by Crippen LogP contribution is -2.47. The number of rotatable bonds is 7. The molecule has 3 rings (SSSR count). The molecule has 1 aliphatic rings. The standard InChI is InChI=1S/C18H19BrN4O4S2/c19-16-4-5-17(28-16)29(26,27)21-13-2-3-15(14(12-13)18(24)25)23-10-8-22(9-11-23)7-1-6-20/h2-5,12,21H,1,7-11H2,(H,24,25). The molecule has 1 fully saturated rings. The second-order valence-electron chi connectivity index (χ2n) is 6.44. The number of carboxylic acids is 1. The zero-order valence-electron chi connectivity index (χ0n) is 15.3. The molecule has 2 N–H and O–H groups in total. The van der Waals surface area contributed by atoms with Gasteiger partial charge in [0.1, 0.15) is 4.21 Å². The van der Waals surface area contributed by atoms with Gasteiger partial charge in [-0.15, -0.1) is 11.3 Å². The fraction of sp³-hybridized carbons (Fsp3) is 0.333. The van der Waals surface area contributed by atoms with Crippen LogP contribution in [0.1, 0.15) is 16.8 Å². The van der Waals surface area contributed by atoms with Crippen LogP contribution in [0.25, 0.3) is 0 Å². The normalized spacial score (nSPS) is 15.1. The lowest BCUT2D eigenvalue weighted by atomic mass is 10.1. The van der Waals surface area contributed by atoms with Crippen molar-refractivity contribution in [2.24, 2.45) is 0 Å². The average molecular weight is 499 g/mol. The highest BCUT2D eigenvalue weighted by Gasteiger charge is 2.23. The van der Waals surface area contributed by atoms with Crippen molar-refractivity contribution in [1.82, 2.24) is 4.90 Å². The van der Waals surface area contributed by atoms with Gasteiger partial charge in [0, 0.05) is 44.8 Å². The molecular weight excluding hydrogens is 480 g/mol. The summed E-state index contributed by atoms with van der Waals surface area (Å²) < 4.78 is 28.3. The van der Waals surface area contributed by atoms with Crippen LogP contribution in [0.2, 0.25) is 0 Å². The molecule has 1 aromatic carbocycles. The van der Waals surface area contributed by atoms with Gasteiger partial charge in [-0.05, 0) is 46.3 Å². The van der Waals surface area contributed by atoms with Crippen molar-refractivity contribution in [3.63, 3.8) is 0 Å². The Hall–Kier alpha value is -2.13. The van der Waals surface area contributed by atoms with Crippen LogP contribution in [0.3, 0.4) is 0 Å². The van der Waals surface area contributed by atoms with Gasteiger partial charge >= 0.3 is 5.97 Å². The lowest BCUT2D eigenvalue weighted by Gasteiger charge is -2.36. The summed E-state index contributed by atoms with van der Waals surface area (Å²) >= 11 is 4.31. The van der Waals surface area contributed by atoms with Gasteiger partial charge in [0.25, 0.3) is 10.0 Å². The van der Waals surface area contributed by atoms with Crippen molar-refractivity contribution in [1.29, 1.82) is 5.26 Å². The lowest BCUT2D eigenvalue weighted by molar-refractivity contribution is 0.0697. The Balaban J connectivity index is 1.78. The minimum atomic E-state index is -3.79. The maximum Gasteiger partial charge on any atom is 0.337 e. The number of carboxylic acid groups (broad SMARTS) is 1. The Kier molecular flexibility index (Phi) is 6.79. The summed E-state index contributed by atoms with van der Waals surface area (Å²) in [5.41, 5.74) is 0.797. The molecule has 154 valence electrons. The summed E-state index contributed by atoms with van der Waals surface area (Å²) in [6.07, 6.45) is 0.468. The molecule has 0 unspecified atom stereocenters. The van der Waals surface area contributed by atoms with Gasteiger partial charge in [0.15, 0.2) is 0 Å². The SMILES string of the molecule is N#CCCN1CCN(c2ccc(NS(=O)(=O)c3ccc(Br)s3)cc2C(=O)O)CC1. The van der Waals surface area contributed by atoms with Crippen molar-refractivity contribution in [3.05, 3.63) is 39.7 Å². The molecule has 0 bridgehead atoms. The summed E-state index contributed by atoms with van der Waals surface area (Å²) in [6.45, 7) is 3.46. The Bertz CT molecular complexity index is 1040. The van der Waals surface area contributed by atoms with Crippen molar-refractivity contribution in [2.45, 2.75) is 10.6 Å². The number of aromatic carboxylic acids is 1. The predicted octanol–water partition coefficient (Wildman–Crippen LogP) is 3.05. The molecule has 0 aliphatic carbocycles. The van der Waals surface area contributed by atoms with E-state index in [4.69, 9.17) is 5.26 Å². The molecular formula is C18H19BrN4O4S2. The number of anilines is 2. The second kappa shape index (κ2) is 9.13. The molecule has 0 spiro atoms. The molecule has 0 atom stereocenters. The highest BCUT2D eigenvalue weighted by molar-refractivity contribution is 9.11. The summed E-state index contributed by atoms with van der Waals surface area (Å²) in [5.74, 6) is -1.12. The minimum Gasteiger partial charge on any atom is -0.478 e. The van der Waals surface area contributed by atoms with Gasteiger partial charge in [-0.3, -0.25) is 9.62 Å². The smallest absolute Gasteiger partial charge is 0.337 e. The molecule has 8 nitrogen and oxygen atoms in total. The summed E-state index contributed by atoms with van der Waals surface area (Å²) in [4.78, 5) is 15.9. The van der Waals surface area contributed by atoms with Crippen LogP contribution in [-0.2, 0) is 10.0 Å². The number of sulfonamides is 1. The maximum absolute atomic E-state index is 12.5. The molecule has 2 aromatic rings. The topological polar surface area (TPSA) is 114 Å². The van der Waals surface area contributed by atoms with E-state index in [1.54, 1.807) is 18.2 Å². The van der Waals surface area contributed by atoms with E-state index in [1.807, 2.05) is 4.90 Å². The summed E-state index contributed by atoms with van der Waals surface area (Å²) in [5, 5.41) is 18.4. The Morgan fingerprint density at radius 1 is 1.24 bits per heavy atom. The van der Waals surface area contributed by atoms with E-state index < -0.39 is 16.0 Å². The van der Waals surface area contributed by atoms with E-state index in [9.17, 15) is 18.3 Å². The van der Waals surface area contributed by atoms with Crippen molar-refractivity contribution < 1.29 is 18.3 Å². The zero-order valence-corrected chi connectivity index (χ0v) is 18.6. The third-order valence-electron chi connectivity index (χ3n) is 4.55. The predicted molar refractivity (Wildman–Crippen MR) is 115 cm³/mol. The number of hydrogen-bond donors (Lipinski definition) is 2. The van der Waals surface area contributed by atoms with E-state index in [0.717, 1.165) is 24.4 Å². The number of thiophene rings is 1. The van der Waals surface area contributed by atoms with E-state index >= 15 is 0 Å². The fourth-order valence-electron chi connectivity index (χ4n) is 3.11. The minimum absolute atomic E-state index is 0.0445. The van der Waals surface area contributed by atoms with Gasteiger partial charge in [0.05, 0.1) is 21.1 Å². The highest BCUT2D eigenvalue weighted by Crippen LogP contribution is 2.30. The molecule has 1 saturated heterocycles. The number of halogens is 1. The second-order valence-corrected chi connectivity index (χ2v) is 10.8. The molecule has 0 radical (unpaired) electrons. The number of nitrogens with one attached hydrogen (secondary N) is 1.